The van der Waals surface area contributed by atoms with E-state index < -0.39 is 0 Å². The summed E-state index contributed by atoms with van der Waals surface area (Å²) in [5.41, 5.74) is 1.12. The van der Waals surface area contributed by atoms with Gasteiger partial charge in [0, 0.05) is 45.3 Å². The van der Waals surface area contributed by atoms with Crippen molar-refractivity contribution in [1.29, 1.82) is 0 Å². The zero-order valence-electron chi connectivity index (χ0n) is 13.3. The van der Waals surface area contributed by atoms with Crippen LogP contribution in [0, 0.1) is 0 Å². The highest BCUT2D eigenvalue weighted by atomic mass is 16.5. The van der Waals surface area contributed by atoms with Gasteiger partial charge in [-0.25, -0.2) is 0 Å². The minimum Gasteiger partial charge on any atom is -0.496 e. The Morgan fingerprint density at radius 3 is 2.81 bits per heavy atom. The van der Waals surface area contributed by atoms with Crippen LogP contribution < -0.4 is 10.1 Å². The lowest BCUT2D eigenvalue weighted by Crippen LogP contribution is -2.58. The van der Waals surface area contributed by atoms with Crippen molar-refractivity contribution in [2.45, 2.75) is 19.0 Å². The molecule has 0 aromatic heterocycles. The van der Waals surface area contributed by atoms with Crippen molar-refractivity contribution in [2.24, 2.45) is 0 Å². The first-order chi connectivity index (χ1) is 10.1. The maximum atomic E-state index is 12.4. The van der Waals surface area contributed by atoms with Gasteiger partial charge in [0.2, 0.25) is 5.91 Å². The summed E-state index contributed by atoms with van der Waals surface area (Å²) >= 11 is 0. The number of nitrogens with one attached hydrogen (secondary N) is 1. The van der Waals surface area contributed by atoms with Gasteiger partial charge in [0.1, 0.15) is 11.8 Å². The van der Waals surface area contributed by atoms with Crippen molar-refractivity contribution in [3.63, 3.8) is 0 Å². The topological polar surface area (TPSA) is 44.8 Å². The summed E-state index contributed by atoms with van der Waals surface area (Å²) in [6.45, 7) is 4.58. The molecule has 5 nitrogen and oxygen atoms in total. The molecule has 1 aromatic rings. The van der Waals surface area contributed by atoms with Crippen LogP contribution in [-0.4, -0.2) is 62.6 Å². The molecule has 1 aromatic carbocycles. The third kappa shape index (κ3) is 3.36. The molecule has 1 N–H and O–H groups in total. The fraction of sp³-hybridized carbons (Fsp3) is 0.562. The van der Waals surface area contributed by atoms with Gasteiger partial charge >= 0.3 is 0 Å². The molecule has 0 aliphatic carbocycles. The maximum absolute atomic E-state index is 12.4. The van der Waals surface area contributed by atoms with Crippen LogP contribution in [0.25, 0.3) is 0 Å². The van der Waals surface area contributed by atoms with E-state index >= 15 is 0 Å². The number of carbonyl (C=O) groups excluding carboxylic acids is 1. The lowest BCUT2D eigenvalue weighted by molar-refractivity contribution is -0.136. The summed E-state index contributed by atoms with van der Waals surface area (Å²) in [4.78, 5) is 16.3. The molecule has 1 aliphatic rings. The summed E-state index contributed by atoms with van der Waals surface area (Å²) in [7, 11) is 5.30. The van der Waals surface area contributed by atoms with E-state index in [1.807, 2.05) is 32.3 Å². The third-order valence-corrected chi connectivity index (χ3v) is 4.10. The van der Waals surface area contributed by atoms with E-state index in [0.29, 0.717) is 6.54 Å². The molecule has 0 spiro atoms. The van der Waals surface area contributed by atoms with Crippen LogP contribution in [0.4, 0.5) is 0 Å². The fourth-order valence-corrected chi connectivity index (χ4v) is 2.90. The molecule has 21 heavy (non-hydrogen) atoms. The van der Waals surface area contributed by atoms with E-state index in [2.05, 4.69) is 23.2 Å². The van der Waals surface area contributed by atoms with Crippen LogP contribution >= 0.6 is 0 Å². The van der Waals surface area contributed by atoms with Gasteiger partial charge in [-0.15, -0.1) is 0 Å². The number of para-hydroxylation sites is 1. The molecular formula is C16H25N3O2. The van der Waals surface area contributed by atoms with Gasteiger partial charge < -0.3 is 15.0 Å². The summed E-state index contributed by atoms with van der Waals surface area (Å²) in [6.07, 6.45) is 0. The van der Waals surface area contributed by atoms with E-state index in [9.17, 15) is 4.79 Å². The van der Waals surface area contributed by atoms with Gasteiger partial charge in [-0.05, 0) is 13.0 Å². The van der Waals surface area contributed by atoms with Crippen LogP contribution in [0.5, 0.6) is 5.75 Å². The molecule has 2 atom stereocenters. The molecule has 0 bridgehead atoms. The third-order valence-electron chi connectivity index (χ3n) is 4.10. The molecule has 0 radical (unpaired) electrons. The normalized spacial score (nSPS) is 20.9. The summed E-state index contributed by atoms with van der Waals surface area (Å²) in [5, 5.41) is 3.32. The van der Waals surface area contributed by atoms with Crippen molar-refractivity contribution < 1.29 is 9.53 Å². The predicted molar refractivity (Wildman–Crippen MR) is 83.5 cm³/mol. The summed E-state index contributed by atoms with van der Waals surface area (Å²) in [5.74, 6) is 1.02. The van der Waals surface area contributed by atoms with Crippen molar-refractivity contribution in [3.05, 3.63) is 29.8 Å². The average Bonchev–Trinajstić information content (AvgIpc) is 2.53. The highest BCUT2D eigenvalue weighted by molar-refractivity contribution is 5.81. The number of rotatable bonds is 4. The number of carbonyl (C=O) groups is 1. The lowest BCUT2D eigenvalue weighted by atomic mass is 10.0. The molecule has 5 heteroatoms. The molecule has 1 aliphatic heterocycles. The zero-order valence-corrected chi connectivity index (χ0v) is 13.3. The Balaban J connectivity index is 2.26. The van der Waals surface area contributed by atoms with E-state index in [1.165, 1.54) is 0 Å². The van der Waals surface area contributed by atoms with E-state index in [-0.39, 0.29) is 18.0 Å². The number of hydrogen-bond donors (Lipinski definition) is 1. The number of piperazine rings is 1. The Bertz CT molecular complexity index is 490. The molecule has 2 unspecified atom stereocenters. The second-order valence-corrected chi connectivity index (χ2v) is 5.61. The average molecular weight is 291 g/mol. The first-order valence-electron chi connectivity index (χ1n) is 7.36. The van der Waals surface area contributed by atoms with Gasteiger partial charge in [0.05, 0.1) is 7.11 Å². The SMILES string of the molecule is COc1ccccc1C(C)N1CCNCC1C(=O)N(C)C. The van der Waals surface area contributed by atoms with Crippen LogP contribution in [0.1, 0.15) is 18.5 Å². The van der Waals surface area contributed by atoms with Crippen LogP contribution in [0.3, 0.4) is 0 Å². The van der Waals surface area contributed by atoms with Crippen LogP contribution in [-0.2, 0) is 4.79 Å². The summed E-state index contributed by atoms with van der Waals surface area (Å²) in [6, 6.07) is 8.03. The van der Waals surface area contributed by atoms with Crippen LogP contribution in [0.2, 0.25) is 0 Å². The monoisotopic (exact) mass is 291 g/mol. The molecule has 1 amide bonds. The molecule has 1 saturated heterocycles. The second-order valence-electron chi connectivity index (χ2n) is 5.61. The van der Waals surface area contributed by atoms with Crippen molar-refractivity contribution in [1.82, 2.24) is 15.1 Å². The van der Waals surface area contributed by atoms with E-state index in [0.717, 1.165) is 24.4 Å². The zero-order chi connectivity index (χ0) is 15.4. The van der Waals surface area contributed by atoms with Crippen molar-refractivity contribution in [2.75, 3.05) is 40.8 Å². The summed E-state index contributed by atoms with van der Waals surface area (Å²) < 4.78 is 5.46. The van der Waals surface area contributed by atoms with Crippen molar-refractivity contribution in [3.8, 4) is 5.75 Å². The van der Waals surface area contributed by atoms with Gasteiger partial charge in [-0.1, -0.05) is 18.2 Å². The quantitative estimate of drug-likeness (QED) is 0.903. The number of nitrogens with zero attached hydrogens (tertiary/aromatic N) is 2. The highest BCUT2D eigenvalue weighted by Crippen LogP contribution is 2.30. The van der Waals surface area contributed by atoms with E-state index in [1.54, 1.807) is 12.0 Å². The first kappa shape index (κ1) is 15.8. The van der Waals surface area contributed by atoms with Crippen molar-refractivity contribution >= 4 is 5.91 Å². The second kappa shape index (κ2) is 6.91. The minimum atomic E-state index is -0.131. The Kier molecular flexibility index (Phi) is 5.20. The van der Waals surface area contributed by atoms with Gasteiger partial charge in [-0.3, -0.25) is 9.69 Å². The number of likely N-dealkylation sites (N-methyl/N-ethyl adjacent to an activating group) is 1. The molecule has 0 saturated carbocycles. The molecule has 2 rings (SSSR count). The first-order valence-corrected chi connectivity index (χ1v) is 7.36. The molecule has 116 valence electrons. The van der Waals surface area contributed by atoms with Gasteiger partial charge in [0.25, 0.3) is 0 Å². The molecule has 1 fully saturated rings. The Hall–Kier alpha value is -1.59. The predicted octanol–water partition coefficient (Wildman–Crippen LogP) is 1.12. The largest absolute Gasteiger partial charge is 0.496 e. The van der Waals surface area contributed by atoms with Crippen LogP contribution in [0.15, 0.2) is 24.3 Å². The number of hydrogen-bond acceptors (Lipinski definition) is 4. The minimum absolute atomic E-state index is 0.131. The smallest absolute Gasteiger partial charge is 0.240 e. The number of benzene rings is 1. The molecule has 1 heterocycles. The van der Waals surface area contributed by atoms with Gasteiger partial charge in [-0.2, -0.15) is 0 Å². The number of ether oxygens (including phenoxy) is 1. The van der Waals surface area contributed by atoms with E-state index in [4.69, 9.17) is 4.74 Å². The van der Waals surface area contributed by atoms with Gasteiger partial charge in [0.15, 0.2) is 0 Å². The number of methoxy groups -OCH3 is 1. The Morgan fingerprint density at radius 2 is 2.14 bits per heavy atom. The standard InChI is InChI=1S/C16H25N3O2/c1-12(13-7-5-6-8-15(13)21-4)19-10-9-17-11-14(19)16(20)18(2)3/h5-8,12,14,17H,9-11H2,1-4H3. The molecular weight excluding hydrogens is 266 g/mol. The highest BCUT2D eigenvalue weighted by Gasteiger charge is 2.33. The maximum Gasteiger partial charge on any atom is 0.240 e. The Labute approximate surface area is 126 Å². The lowest BCUT2D eigenvalue weighted by Gasteiger charge is -2.40. The fourth-order valence-electron chi connectivity index (χ4n) is 2.90. The Morgan fingerprint density at radius 1 is 1.43 bits per heavy atom. The number of amides is 1.